The number of fused-ring (bicyclic) bond motifs is 2. The molecule has 204 valence electrons. The van der Waals surface area contributed by atoms with E-state index in [0.29, 0.717) is 0 Å². The van der Waals surface area contributed by atoms with Crippen molar-refractivity contribution in [1.29, 1.82) is 0 Å². The minimum absolute atomic E-state index is 0.0643. The molecular weight excluding hydrogens is 589 g/mol. The van der Waals surface area contributed by atoms with E-state index in [-0.39, 0.29) is 29.4 Å². The lowest BCUT2D eigenvalue weighted by Crippen LogP contribution is -2.30. The van der Waals surface area contributed by atoms with Crippen molar-refractivity contribution >= 4 is 84.1 Å². The van der Waals surface area contributed by atoms with Gasteiger partial charge in [0.05, 0.1) is 38.0 Å². The molecule has 0 spiro atoms. The van der Waals surface area contributed by atoms with E-state index in [1.54, 1.807) is 11.3 Å². The molecule has 0 aliphatic carbocycles. The van der Waals surface area contributed by atoms with Crippen LogP contribution in [0.4, 0.5) is 5.69 Å². The number of benzene rings is 4. The summed E-state index contributed by atoms with van der Waals surface area (Å²) in [4.78, 5) is 34.8. The fourth-order valence-corrected chi connectivity index (χ4v) is 8.05. The Morgan fingerprint density at radius 3 is 1.88 bits per heavy atom. The van der Waals surface area contributed by atoms with Crippen LogP contribution in [0.25, 0.3) is 20.4 Å². The monoisotopic (exact) mass is 612 g/mol. The summed E-state index contributed by atoms with van der Waals surface area (Å²) in [6.07, 6.45) is 0. The Morgan fingerprint density at radius 2 is 1.22 bits per heavy atom. The van der Waals surface area contributed by atoms with Gasteiger partial charge >= 0.3 is 0 Å². The Kier molecular flexibility index (Phi) is 8.62. The number of thioether (sulfide) groups is 2. The third-order valence-electron chi connectivity index (χ3n) is 6.15. The number of amides is 2. The van der Waals surface area contributed by atoms with Gasteiger partial charge in [-0.1, -0.05) is 96.3 Å². The van der Waals surface area contributed by atoms with Crippen LogP contribution in [0.3, 0.4) is 0 Å². The largest absolute Gasteiger partial charge is 0.344 e. The molecule has 0 radical (unpaired) electrons. The lowest BCUT2D eigenvalue weighted by molar-refractivity contribution is -0.119. The molecule has 2 heterocycles. The van der Waals surface area contributed by atoms with Gasteiger partial charge in [0.2, 0.25) is 11.8 Å². The molecule has 0 aliphatic rings. The van der Waals surface area contributed by atoms with E-state index >= 15 is 0 Å². The molecule has 10 heteroatoms. The fraction of sp³-hybridized carbons (Fsp3) is 0.0968. The summed E-state index contributed by atoms with van der Waals surface area (Å²) >= 11 is 5.95. The third kappa shape index (κ3) is 6.97. The topological polar surface area (TPSA) is 84.0 Å². The maximum atomic E-state index is 13.0. The second-order valence-electron chi connectivity index (χ2n) is 9.06. The summed E-state index contributed by atoms with van der Waals surface area (Å²) in [5, 5.41) is 6.15. The standard InChI is InChI=1S/C31H24N4O2S4/c36-27(18-38-30-33-23-13-7-8-14-25(23)40-30)32-22-15-16-24-26(17-22)41-31(34-24)39-19-28(37)35-29(20-9-3-1-4-10-20)21-11-5-2-6-12-21/h1-17,29H,18-19H2,(H,32,36)(H,35,37). The highest BCUT2D eigenvalue weighted by molar-refractivity contribution is 8.02. The second kappa shape index (κ2) is 12.9. The number of rotatable bonds is 10. The SMILES string of the molecule is O=C(CSc1nc2ccccc2s1)Nc1ccc2nc(SCC(=O)NC(c3ccccc3)c3ccccc3)sc2c1. The van der Waals surface area contributed by atoms with Gasteiger partial charge in [-0.15, -0.1) is 22.7 Å². The highest BCUT2D eigenvalue weighted by Gasteiger charge is 2.17. The van der Waals surface area contributed by atoms with Gasteiger partial charge in [0.1, 0.15) is 0 Å². The summed E-state index contributed by atoms with van der Waals surface area (Å²) in [5.41, 5.74) is 4.58. The van der Waals surface area contributed by atoms with Gasteiger partial charge in [0.15, 0.2) is 8.68 Å². The quantitative estimate of drug-likeness (QED) is 0.155. The van der Waals surface area contributed by atoms with Crippen LogP contribution < -0.4 is 10.6 Å². The molecule has 0 fully saturated rings. The number of nitrogens with one attached hydrogen (secondary N) is 2. The maximum absolute atomic E-state index is 13.0. The number of hydrogen-bond acceptors (Lipinski definition) is 8. The van der Waals surface area contributed by atoms with Gasteiger partial charge in [0, 0.05) is 5.69 Å². The molecule has 0 atom stereocenters. The number of carbonyl (C=O) groups is 2. The summed E-state index contributed by atoms with van der Waals surface area (Å²) < 4.78 is 3.75. The molecule has 2 N–H and O–H groups in total. The van der Waals surface area contributed by atoms with Crippen LogP contribution in [-0.4, -0.2) is 33.3 Å². The van der Waals surface area contributed by atoms with E-state index in [1.807, 2.05) is 103 Å². The van der Waals surface area contributed by atoms with Gasteiger partial charge in [0.25, 0.3) is 0 Å². The number of carbonyl (C=O) groups excluding carboxylic acids is 2. The summed E-state index contributed by atoms with van der Waals surface area (Å²) in [6.45, 7) is 0. The third-order valence-corrected chi connectivity index (χ3v) is 10.5. The predicted molar refractivity (Wildman–Crippen MR) is 172 cm³/mol. The molecule has 2 aromatic heterocycles. The first-order valence-corrected chi connectivity index (χ1v) is 16.4. The number of thiazole rings is 2. The van der Waals surface area contributed by atoms with Gasteiger partial charge in [-0.2, -0.15) is 0 Å². The first-order chi connectivity index (χ1) is 20.1. The van der Waals surface area contributed by atoms with Crippen molar-refractivity contribution in [1.82, 2.24) is 15.3 Å². The Labute approximate surface area is 253 Å². The molecule has 0 saturated heterocycles. The molecule has 4 aromatic carbocycles. The number of anilines is 1. The van der Waals surface area contributed by atoms with Gasteiger partial charge < -0.3 is 10.6 Å². The Hall–Kier alpha value is -3.70. The van der Waals surface area contributed by atoms with Crippen molar-refractivity contribution < 1.29 is 9.59 Å². The molecule has 6 aromatic rings. The lowest BCUT2D eigenvalue weighted by atomic mass is 9.99. The smallest absolute Gasteiger partial charge is 0.234 e. The molecule has 0 unspecified atom stereocenters. The van der Waals surface area contributed by atoms with E-state index in [1.165, 1.54) is 34.9 Å². The van der Waals surface area contributed by atoms with Gasteiger partial charge in [-0.05, 0) is 41.5 Å². The maximum Gasteiger partial charge on any atom is 0.234 e. The summed E-state index contributed by atoms with van der Waals surface area (Å²) in [7, 11) is 0. The van der Waals surface area contributed by atoms with Crippen molar-refractivity contribution in [3.05, 3.63) is 114 Å². The zero-order valence-electron chi connectivity index (χ0n) is 21.7. The van der Waals surface area contributed by atoms with Crippen LogP contribution in [0, 0.1) is 0 Å². The van der Waals surface area contributed by atoms with Crippen molar-refractivity contribution in [3.8, 4) is 0 Å². The van der Waals surface area contributed by atoms with Crippen LogP contribution in [0.15, 0.2) is 112 Å². The van der Waals surface area contributed by atoms with E-state index < -0.39 is 0 Å². The van der Waals surface area contributed by atoms with Crippen molar-refractivity contribution in [2.75, 3.05) is 16.8 Å². The average Bonchev–Trinajstić information content (AvgIpc) is 3.62. The first-order valence-electron chi connectivity index (χ1n) is 12.8. The Bertz CT molecular complexity index is 1730. The van der Waals surface area contributed by atoms with Crippen molar-refractivity contribution in [2.24, 2.45) is 0 Å². The van der Waals surface area contributed by atoms with Gasteiger partial charge in [-0.3, -0.25) is 9.59 Å². The first kappa shape index (κ1) is 27.5. The van der Waals surface area contributed by atoms with E-state index in [0.717, 1.165) is 45.9 Å². The van der Waals surface area contributed by atoms with Crippen LogP contribution in [0.1, 0.15) is 17.2 Å². The molecule has 6 nitrogen and oxygen atoms in total. The number of aromatic nitrogens is 2. The molecular formula is C31H24N4O2S4. The van der Waals surface area contributed by atoms with Crippen molar-refractivity contribution in [3.63, 3.8) is 0 Å². The lowest BCUT2D eigenvalue weighted by Gasteiger charge is -2.19. The van der Waals surface area contributed by atoms with Crippen LogP contribution in [-0.2, 0) is 9.59 Å². The normalized spacial score (nSPS) is 11.2. The molecule has 6 rings (SSSR count). The molecule has 0 saturated carbocycles. The van der Waals surface area contributed by atoms with Gasteiger partial charge in [-0.25, -0.2) is 9.97 Å². The highest BCUT2D eigenvalue weighted by Crippen LogP contribution is 2.32. The predicted octanol–water partition coefficient (Wildman–Crippen LogP) is 7.63. The highest BCUT2D eigenvalue weighted by atomic mass is 32.2. The fourth-order valence-electron chi connectivity index (χ4n) is 4.26. The molecule has 41 heavy (non-hydrogen) atoms. The number of para-hydroxylation sites is 1. The number of nitrogens with zero attached hydrogens (tertiary/aromatic N) is 2. The number of hydrogen-bond donors (Lipinski definition) is 2. The molecule has 2 amide bonds. The summed E-state index contributed by atoms with van der Waals surface area (Å²) in [5.74, 6) is 0.382. The van der Waals surface area contributed by atoms with Crippen LogP contribution in [0.2, 0.25) is 0 Å². The minimum atomic E-state index is -0.222. The average molecular weight is 613 g/mol. The second-order valence-corrected chi connectivity index (χ2v) is 13.6. The Morgan fingerprint density at radius 1 is 0.659 bits per heavy atom. The van der Waals surface area contributed by atoms with E-state index in [4.69, 9.17) is 0 Å². The Balaban J connectivity index is 1.05. The summed E-state index contributed by atoms with van der Waals surface area (Å²) in [6, 6.07) is 33.4. The molecule has 0 bridgehead atoms. The van der Waals surface area contributed by atoms with Crippen molar-refractivity contribution in [2.45, 2.75) is 14.7 Å². The molecule has 0 aliphatic heterocycles. The van der Waals surface area contributed by atoms with Crippen LogP contribution >= 0.6 is 46.2 Å². The van der Waals surface area contributed by atoms with E-state index in [9.17, 15) is 9.59 Å². The zero-order valence-corrected chi connectivity index (χ0v) is 24.9. The van der Waals surface area contributed by atoms with Crippen LogP contribution in [0.5, 0.6) is 0 Å². The zero-order chi connectivity index (χ0) is 28.0. The van der Waals surface area contributed by atoms with E-state index in [2.05, 4.69) is 20.6 Å². The minimum Gasteiger partial charge on any atom is -0.344 e.